The molecule has 0 heterocycles. The molecule has 0 bridgehead atoms. The minimum Gasteiger partial charge on any atom is -0.460 e. The summed E-state index contributed by atoms with van der Waals surface area (Å²) in [5.41, 5.74) is -0.672. The number of ether oxygens (including phenoxy) is 1. The van der Waals surface area contributed by atoms with Crippen LogP contribution in [-0.2, 0) is 14.3 Å². The lowest BCUT2D eigenvalue weighted by molar-refractivity contribution is -0.160. The van der Waals surface area contributed by atoms with Crippen LogP contribution < -0.4 is 5.32 Å². The number of hydrogen-bond donors (Lipinski definition) is 1. The third kappa shape index (κ3) is 15.9. The fraction of sp³-hybridized carbons (Fsp3) is 0.933. The van der Waals surface area contributed by atoms with E-state index in [1.54, 1.807) is 0 Å². The van der Waals surface area contributed by atoms with E-state index in [2.05, 4.69) is 33.0 Å². The first-order chi connectivity index (χ1) is 16.2. The number of hydrogen-bond acceptors (Lipinski definition) is 4. The molecule has 0 aliphatic rings. The minimum atomic E-state index is -0.600. The molecule has 35 heavy (non-hydrogen) atoms. The Kier molecular flexibility index (Phi) is 16.6. The zero-order valence-electron chi connectivity index (χ0n) is 25.0. The van der Waals surface area contributed by atoms with Crippen molar-refractivity contribution >= 4 is 23.6 Å². The van der Waals surface area contributed by atoms with Crippen molar-refractivity contribution in [3.8, 4) is 0 Å². The molecule has 0 saturated heterocycles. The van der Waals surface area contributed by atoms with Crippen molar-refractivity contribution in [3.05, 3.63) is 0 Å². The van der Waals surface area contributed by atoms with Crippen LogP contribution >= 0.6 is 11.8 Å². The Bertz CT molecular complexity index is 595. The second-order valence-electron chi connectivity index (χ2n) is 12.8. The fourth-order valence-electron chi connectivity index (χ4n) is 4.95. The third-order valence-electron chi connectivity index (χ3n) is 7.02. The van der Waals surface area contributed by atoms with Crippen LogP contribution in [0.3, 0.4) is 0 Å². The molecule has 1 amide bonds. The molecule has 0 saturated carbocycles. The summed E-state index contributed by atoms with van der Waals surface area (Å²) >= 11 is 1.94. The second kappa shape index (κ2) is 16.9. The van der Waals surface area contributed by atoms with Crippen molar-refractivity contribution in [1.29, 1.82) is 0 Å². The monoisotopic (exact) mass is 513 g/mol. The lowest BCUT2D eigenvalue weighted by atomic mass is 9.71. The first-order valence-corrected chi connectivity index (χ1v) is 15.4. The van der Waals surface area contributed by atoms with E-state index in [9.17, 15) is 9.59 Å². The smallest absolute Gasteiger partial charge is 0.309 e. The van der Waals surface area contributed by atoms with Crippen LogP contribution in [-0.4, -0.2) is 35.5 Å². The number of carbonyl (C=O) groups is 2. The van der Waals surface area contributed by atoms with Gasteiger partial charge in [-0.15, -0.1) is 0 Å². The van der Waals surface area contributed by atoms with Gasteiger partial charge >= 0.3 is 5.97 Å². The first-order valence-electron chi connectivity index (χ1n) is 14.2. The third-order valence-corrected chi connectivity index (χ3v) is 8.09. The number of thioether (sulfide) groups is 1. The van der Waals surface area contributed by atoms with Gasteiger partial charge in [-0.3, -0.25) is 9.59 Å². The van der Waals surface area contributed by atoms with Crippen LogP contribution in [0.15, 0.2) is 0 Å². The molecule has 0 spiro atoms. The van der Waals surface area contributed by atoms with Crippen molar-refractivity contribution in [1.82, 2.24) is 5.32 Å². The van der Waals surface area contributed by atoms with Gasteiger partial charge in [-0.05, 0) is 70.0 Å². The number of nitrogens with one attached hydrogen (secondary N) is 1. The molecule has 1 N–H and O–H groups in total. The van der Waals surface area contributed by atoms with Gasteiger partial charge in [-0.2, -0.15) is 11.8 Å². The van der Waals surface area contributed by atoms with Gasteiger partial charge in [0.1, 0.15) is 5.60 Å². The first kappa shape index (κ1) is 34.3. The Morgan fingerprint density at radius 3 is 2.06 bits per heavy atom. The molecule has 0 aliphatic carbocycles. The lowest BCUT2D eigenvalue weighted by Gasteiger charge is -2.35. The molecule has 0 aromatic rings. The quantitative estimate of drug-likeness (QED) is 0.139. The maximum Gasteiger partial charge on any atom is 0.309 e. The highest BCUT2D eigenvalue weighted by Gasteiger charge is 2.33. The van der Waals surface area contributed by atoms with Crippen LogP contribution in [0.25, 0.3) is 0 Å². The normalized spacial score (nSPS) is 14.5. The SMILES string of the molecule is CCCCCCC(CCCSCCNC(=O)C(C)(C)CC(C)C(=O)OC(C)(C)C)C(C)(C)CCC. The Hall–Kier alpha value is -0.710. The van der Waals surface area contributed by atoms with E-state index in [1.165, 1.54) is 57.8 Å². The number of rotatable bonds is 19. The number of amides is 1. The highest BCUT2D eigenvalue weighted by molar-refractivity contribution is 7.99. The predicted molar refractivity (Wildman–Crippen MR) is 154 cm³/mol. The zero-order chi connectivity index (χ0) is 27.1. The van der Waals surface area contributed by atoms with Gasteiger partial charge in [-0.25, -0.2) is 0 Å². The minimum absolute atomic E-state index is 0.0157. The van der Waals surface area contributed by atoms with Gasteiger partial charge in [0, 0.05) is 17.7 Å². The van der Waals surface area contributed by atoms with E-state index >= 15 is 0 Å². The van der Waals surface area contributed by atoms with E-state index in [-0.39, 0.29) is 17.8 Å². The lowest BCUT2D eigenvalue weighted by Crippen LogP contribution is -2.40. The van der Waals surface area contributed by atoms with Crippen molar-refractivity contribution in [2.45, 2.75) is 139 Å². The van der Waals surface area contributed by atoms with E-state index < -0.39 is 11.0 Å². The Labute approximate surface area is 222 Å². The van der Waals surface area contributed by atoms with E-state index in [4.69, 9.17) is 4.74 Å². The predicted octanol–water partition coefficient (Wildman–Crippen LogP) is 8.42. The molecule has 4 nitrogen and oxygen atoms in total. The Morgan fingerprint density at radius 1 is 0.857 bits per heavy atom. The van der Waals surface area contributed by atoms with Crippen molar-refractivity contribution < 1.29 is 14.3 Å². The summed E-state index contributed by atoms with van der Waals surface area (Å²) in [4.78, 5) is 25.0. The van der Waals surface area contributed by atoms with Crippen molar-refractivity contribution in [3.63, 3.8) is 0 Å². The average Bonchev–Trinajstić information content (AvgIpc) is 2.72. The second-order valence-corrected chi connectivity index (χ2v) is 14.0. The number of unbranched alkanes of at least 4 members (excludes halogenated alkanes) is 3. The summed E-state index contributed by atoms with van der Waals surface area (Å²) in [7, 11) is 0. The van der Waals surface area contributed by atoms with Crippen LogP contribution in [0.1, 0.15) is 133 Å². The molecule has 0 fully saturated rings. The molecule has 5 heteroatoms. The van der Waals surface area contributed by atoms with Crippen molar-refractivity contribution in [2.24, 2.45) is 22.7 Å². The topological polar surface area (TPSA) is 55.4 Å². The molecule has 0 aliphatic heterocycles. The average molecular weight is 514 g/mol. The van der Waals surface area contributed by atoms with E-state index in [0.29, 0.717) is 18.4 Å². The standard InChI is InChI=1S/C30H59NO3S/c1-11-13-14-15-17-25(29(7,8)19-12-2)18-16-21-35-22-20-31-27(33)30(9,10)23-24(3)26(32)34-28(4,5)6/h24-25H,11-23H2,1-10H3,(H,31,33). The summed E-state index contributed by atoms with van der Waals surface area (Å²) in [5.74, 6) is 2.37. The van der Waals surface area contributed by atoms with Gasteiger partial charge < -0.3 is 10.1 Å². The molecule has 0 rings (SSSR count). The largest absolute Gasteiger partial charge is 0.460 e. The molecular formula is C30H59NO3S. The number of carbonyl (C=O) groups excluding carboxylic acids is 2. The molecule has 208 valence electrons. The number of esters is 1. The van der Waals surface area contributed by atoms with Gasteiger partial charge in [0.25, 0.3) is 0 Å². The molecule has 0 aromatic heterocycles. The van der Waals surface area contributed by atoms with Crippen LogP contribution in [0.2, 0.25) is 0 Å². The molecule has 0 radical (unpaired) electrons. The van der Waals surface area contributed by atoms with Gasteiger partial charge in [0.05, 0.1) is 5.92 Å². The van der Waals surface area contributed by atoms with Crippen LogP contribution in [0, 0.1) is 22.7 Å². The van der Waals surface area contributed by atoms with Crippen molar-refractivity contribution in [2.75, 3.05) is 18.1 Å². The highest BCUT2D eigenvalue weighted by atomic mass is 32.2. The highest BCUT2D eigenvalue weighted by Crippen LogP contribution is 2.38. The maximum absolute atomic E-state index is 12.7. The van der Waals surface area contributed by atoms with Crippen LogP contribution in [0.4, 0.5) is 0 Å². The van der Waals surface area contributed by atoms with Gasteiger partial charge in [0.15, 0.2) is 0 Å². The van der Waals surface area contributed by atoms with Crippen LogP contribution in [0.5, 0.6) is 0 Å². The molecule has 2 unspecified atom stereocenters. The summed E-state index contributed by atoms with van der Waals surface area (Å²) < 4.78 is 5.47. The molecule has 0 aromatic carbocycles. The Morgan fingerprint density at radius 2 is 1.49 bits per heavy atom. The fourth-order valence-corrected chi connectivity index (χ4v) is 5.77. The van der Waals surface area contributed by atoms with Gasteiger partial charge in [0.2, 0.25) is 5.91 Å². The Balaban J connectivity index is 4.34. The van der Waals surface area contributed by atoms with E-state index in [1.807, 2.05) is 53.3 Å². The maximum atomic E-state index is 12.7. The molecule has 2 atom stereocenters. The molecular weight excluding hydrogens is 454 g/mol. The summed E-state index contributed by atoms with van der Waals surface area (Å²) in [6.45, 7) is 21.5. The van der Waals surface area contributed by atoms with E-state index in [0.717, 1.165) is 17.4 Å². The summed E-state index contributed by atoms with van der Waals surface area (Å²) in [6, 6.07) is 0. The summed E-state index contributed by atoms with van der Waals surface area (Å²) in [5, 5.41) is 3.08. The van der Waals surface area contributed by atoms with Gasteiger partial charge in [-0.1, -0.05) is 80.6 Å². The summed E-state index contributed by atoms with van der Waals surface area (Å²) in [6.07, 6.45) is 12.4. The zero-order valence-corrected chi connectivity index (χ0v) is 25.8.